The van der Waals surface area contributed by atoms with Gasteiger partial charge in [-0.1, -0.05) is 19.6 Å². The van der Waals surface area contributed by atoms with E-state index in [0.29, 0.717) is 31.1 Å². The Kier molecular flexibility index (Phi) is 7.61. The van der Waals surface area contributed by atoms with Gasteiger partial charge in [-0.05, 0) is 59.2 Å². The molecule has 4 aromatic rings. The van der Waals surface area contributed by atoms with Crippen molar-refractivity contribution in [3.05, 3.63) is 53.6 Å². The van der Waals surface area contributed by atoms with Crippen LogP contribution in [-0.4, -0.2) is 60.1 Å². The minimum Gasteiger partial charge on any atom is -0.476 e. The van der Waals surface area contributed by atoms with E-state index in [2.05, 4.69) is 62.1 Å². The third kappa shape index (κ3) is 4.73. The highest BCUT2D eigenvalue weighted by Crippen LogP contribution is 2.36. The Hall–Kier alpha value is -2.72. The van der Waals surface area contributed by atoms with Crippen LogP contribution in [0.2, 0.25) is 0 Å². The van der Waals surface area contributed by atoms with Gasteiger partial charge in [-0.3, -0.25) is 9.48 Å². The number of carbonyl (C=O) groups is 1. The molecule has 3 heterocycles. The van der Waals surface area contributed by atoms with Gasteiger partial charge in [0.2, 0.25) is 5.88 Å². The van der Waals surface area contributed by atoms with Gasteiger partial charge in [0, 0.05) is 32.1 Å². The predicted molar refractivity (Wildman–Crippen MR) is 150 cm³/mol. The molecule has 184 valence electrons. The molecule has 1 atom stereocenters. The van der Waals surface area contributed by atoms with Crippen LogP contribution in [0.3, 0.4) is 0 Å². The summed E-state index contributed by atoms with van der Waals surface area (Å²) >= 11 is 2.32. The Balaban J connectivity index is 1.52. The highest BCUT2D eigenvalue weighted by atomic mass is 127. The quantitative estimate of drug-likeness (QED) is 0.205. The minimum atomic E-state index is -0.0681. The number of hydrogen-bond acceptors (Lipinski definition) is 5. The Labute approximate surface area is 219 Å². The van der Waals surface area contributed by atoms with E-state index in [4.69, 9.17) is 4.74 Å². The molecule has 1 unspecified atom stereocenters. The van der Waals surface area contributed by atoms with Crippen LogP contribution in [-0.2, 0) is 20.5 Å². The maximum atomic E-state index is 13.1. The molecular weight excluding hydrogens is 576 g/mol. The number of carbonyl (C=O) groups excluding carboxylic acids is 1. The first kappa shape index (κ1) is 25.4. The zero-order valence-corrected chi connectivity index (χ0v) is 23.7. The van der Waals surface area contributed by atoms with E-state index in [1.165, 1.54) is 0 Å². The molecule has 9 nitrogen and oxygen atoms in total. The zero-order valence-electron chi connectivity index (χ0n) is 20.5. The van der Waals surface area contributed by atoms with E-state index in [1.807, 2.05) is 32.4 Å². The van der Waals surface area contributed by atoms with Crippen molar-refractivity contribution in [1.82, 2.24) is 34.0 Å². The molecule has 0 saturated carbocycles. The van der Waals surface area contributed by atoms with Crippen LogP contribution in [0, 0.1) is 6.92 Å². The van der Waals surface area contributed by atoms with Crippen LogP contribution in [0.4, 0.5) is 0 Å². The summed E-state index contributed by atoms with van der Waals surface area (Å²) in [7, 11) is 5.44. The lowest BCUT2D eigenvalue weighted by atomic mass is 10.1. The summed E-state index contributed by atoms with van der Waals surface area (Å²) in [5.41, 5.74) is 6.29. The lowest BCUT2D eigenvalue weighted by Crippen LogP contribution is -2.32. The van der Waals surface area contributed by atoms with Crippen molar-refractivity contribution >= 4 is 51.3 Å². The van der Waals surface area contributed by atoms with Crippen molar-refractivity contribution in [2.24, 2.45) is 14.1 Å². The van der Waals surface area contributed by atoms with Crippen molar-refractivity contribution in [2.75, 3.05) is 20.2 Å². The number of aryl methyl sites for hydroxylation is 3. The second-order valence-corrected chi connectivity index (χ2v) is 10.3. The second-order valence-electron chi connectivity index (χ2n) is 8.28. The molecule has 0 saturated heterocycles. The van der Waals surface area contributed by atoms with Crippen LogP contribution < -0.4 is 4.74 Å². The van der Waals surface area contributed by atoms with Crippen LogP contribution in [0.5, 0.6) is 5.88 Å². The van der Waals surface area contributed by atoms with Gasteiger partial charge in [-0.15, -0.1) is 0 Å². The summed E-state index contributed by atoms with van der Waals surface area (Å²) < 4.78 is 11.5. The number of fused-ring (bicyclic) bond motifs is 1. The summed E-state index contributed by atoms with van der Waals surface area (Å²) in [6, 6.07) is 6.23. The molecule has 0 fully saturated rings. The van der Waals surface area contributed by atoms with E-state index in [-0.39, 0.29) is 5.91 Å². The van der Waals surface area contributed by atoms with Gasteiger partial charge in [-0.25, -0.2) is 9.13 Å². The lowest BCUT2D eigenvalue weighted by Gasteiger charge is -2.18. The van der Waals surface area contributed by atoms with Gasteiger partial charge in [0.05, 0.1) is 41.6 Å². The number of hydrogen-bond donors (Lipinski definition) is 0. The largest absolute Gasteiger partial charge is 0.476 e. The standard InChI is InChI=1S/C24H29IN7O2P/c1-7-19-15(3)22(30(5)27-19)23(33)29(4)11-12-34-24-18(14-26-31(24)6)16-9-10-21-17(13-16)20(8-2)28-32(21)35-25/h8-10,13-14,35H,2,7,11-12H2,1,3-6H3. The molecule has 0 spiro atoms. The first-order valence-electron chi connectivity index (χ1n) is 11.3. The smallest absolute Gasteiger partial charge is 0.272 e. The Bertz CT molecular complexity index is 1400. The number of amides is 1. The Morgan fingerprint density at radius 1 is 1.29 bits per heavy atom. The molecule has 0 aliphatic carbocycles. The molecule has 1 aromatic carbocycles. The minimum absolute atomic E-state index is 0.0681. The normalized spacial score (nSPS) is 11.6. The van der Waals surface area contributed by atoms with Crippen LogP contribution in [0.15, 0.2) is 31.0 Å². The number of nitrogens with zero attached hydrogens (tertiary/aromatic N) is 7. The van der Waals surface area contributed by atoms with Crippen molar-refractivity contribution in [3.8, 4) is 17.0 Å². The third-order valence-electron chi connectivity index (χ3n) is 6.11. The number of aromatic nitrogens is 6. The van der Waals surface area contributed by atoms with Crippen molar-refractivity contribution in [3.63, 3.8) is 0 Å². The average molecular weight is 605 g/mol. The number of ether oxygens (including phenoxy) is 1. The topological polar surface area (TPSA) is 83.0 Å². The maximum absolute atomic E-state index is 13.1. The molecule has 11 heteroatoms. The number of likely N-dealkylation sites (N-methyl/N-ethyl adjacent to an activating group) is 1. The molecule has 35 heavy (non-hydrogen) atoms. The summed E-state index contributed by atoms with van der Waals surface area (Å²) in [5, 5.41) is 14.5. The van der Waals surface area contributed by atoms with Crippen molar-refractivity contribution < 1.29 is 9.53 Å². The van der Waals surface area contributed by atoms with E-state index in [0.717, 1.165) is 45.4 Å². The van der Waals surface area contributed by atoms with E-state index < -0.39 is 0 Å². The molecule has 0 N–H and O–H groups in total. The van der Waals surface area contributed by atoms with Crippen LogP contribution >= 0.6 is 28.4 Å². The molecule has 0 aliphatic heterocycles. The average Bonchev–Trinajstić information content (AvgIpc) is 3.50. The molecule has 0 bridgehead atoms. The van der Waals surface area contributed by atoms with E-state index >= 15 is 0 Å². The fraction of sp³-hybridized carbons (Fsp3) is 0.333. The number of rotatable bonds is 9. The maximum Gasteiger partial charge on any atom is 0.272 e. The second kappa shape index (κ2) is 10.5. The molecule has 0 radical (unpaired) electrons. The van der Waals surface area contributed by atoms with Gasteiger partial charge < -0.3 is 9.64 Å². The van der Waals surface area contributed by atoms with Crippen LogP contribution in [0.25, 0.3) is 28.1 Å². The summed E-state index contributed by atoms with van der Waals surface area (Å²) in [4.78, 5) is 14.7. The third-order valence-corrected chi connectivity index (χ3v) is 7.98. The van der Waals surface area contributed by atoms with Gasteiger partial charge >= 0.3 is 0 Å². The summed E-state index contributed by atoms with van der Waals surface area (Å²) in [6.45, 7) is 8.66. The van der Waals surface area contributed by atoms with Gasteiger partial charge in [0.1, 0.15) is 12.3 Å². The molecule has 0 aliphatic rings. The van der Waals surface area contributed by atoms with Crippen LogP contribution in [0.1, 0.15) is 34.4 Å². The number of benzene rings is 1. The molecule has 1 amide bonds. The number of halogens is 1. The van der Waals surface area contributed by atoms with Crippen molar-refractivity contribution in [2.45, 2.75) is 20.3 Å². The molecular formula is C24H29IN7O2P. The fourth-order valence-corrected chi connectivity index (χ4v) is 5.74. The van der Waals surface area contributed by atoms with Crippen molar-refractivity contribution in [1.29, 1.82) is 0 Å². The highest BCUT2D eigenvalue weighted by Gasteiger charge is 2.22. The SMILES string of the molecule is C=Cc1nn(PI)c2ccc(-c3cnn(C)c3OCCN(C)C(=O)c3c(C)c(CC)nn3C)cc12. The Morgan fingerprint density at radius 3 is 2.71 bits per heavy atom. The zero-order chi connectivity index (χ0) is 25.3. The predicted octanol–water partition coefficient (Wildman–Crippen LogP) is 4.63. The first-order valence-corrected chi connectivity index (χ1v) is 15.3. The van der Waals surface area contributed by atoms with Gasteiger partial charge in [-0.2, -0.15) is 15.3 Å². The molecule has 4 rings (SSSR count). The summed E-state index contributed by atoms with van der Waals surface area (Å²) in [6.07, 6.45) is 4.88. The fourth-order valence-electron chi connectivity index (χ4n) is 4.20. The van der Waals surface area contributed by atoms with E-state index in [1.54, 1.807) is 33.6 Å². The van der Waals surface area contributed by atoms with E-state index in [9.17, 15) is 4.79 Å². The molecule has 3 aromatic heterocycles. The highest BCUT2D eigenvalue weighted by molar-refractivity contribution is 14.2. The Morgan fingerprint density at radius 2 is 2.06 bits per heavy atom. The lowest BCUT2D eigenvalue weighted by molar-refractivity contribution is 0.0760. The van der Waals surface area contributed by atoms with Gasteiger partial charge in [0.25, 0.3) is 5.91 Å². The monoisotopic (exact) mass is 605 g/mol. The summed E-state index contributed by atoms with van der Waals surface area (Å²) in [5.74, 6) is 0.583. The van der Waals surface area contributed by atoms with Gasteiger partial charge in [0.15, 0.2) is 0 Å². The first-order chi connectivity index (χ1) is 16.8.